The smallest absolute Gasteiger partial charge is 0.225 e. The average molecular weight is 159 g/mol. The summed E-state index contributed by atoms with van der Waals surface area (Å²) in [6.45, 7) is 7.70. The summed E-state index contributed by atoms with van der Waals surface area (Å²) < 4.78 is 0. The van der Waals surface area contributed by atoms with Crippen molar-refractivity contribution < 1.29 is 4.79 Å². The molecule has 10 heavy (non-hydrogen) atoms. The van der Waals surface area contributed by atoms with Crippen LogP contribution in [-0.4, -0.2) is 5.24 Å². The third-order valence-electron chi connectivity index (χ3n) is 2.41. The lowest BCUT2D eigenvalue weighted by Crippen LogP contribution is -1.96. The standard InChI is InChI=1S/C8H11ClO/c1-4-5-6(7(9)10)8(5,2)3/h4-6H,1H2,2-3H3/t5-,6+/m0/s1. The minimum Gasteiger partial charge on any atom is -0.281 e. The topological polar surface area (TPSA) is 17.1 Å². The molecule has 1 rings (SSSR count). The molecule has 56 valence electrons. The van der Waals surface area contributed by atoms with E-state index in [1.54, 1.807) is 0 Å². The molecule has 1 aliphatic carbocycles. The van der Waals surface area contributed by atoms with Crippen LogP contribution < -0.4 is 0 Å². The lowest BCUT2D eigenvalue weighted by Gasteiger charge is -1.95. The van der Waals surface area contributed by atoms with Crippen LogP contribution in [0.4, 0.5) is 0 Å². The third-order valence-corrected chi connectivity index (χ3v) is 2.64. The highest BCUT2D eigenvalue weighted by Crippen LogP contribution is 2.59. The molecule has 0 radical (unpaired) electrons. The van der Waals surface area contributed by atoms with E-state index >= 15 is 0 Å². The Kier molecular flexibility index (Phi) is 1.63. The molecule has 2 atom stereocenters. The SMILES string of the molecule is C=C[C@H]1[C@H](C(=O)Cl)C1(C)C. The zero-order valence-corrected chi connectivity index (χ0v) is 6.98. The van der Waals surface area contributed by atoms with Gasteiger partial charge in [-0.2, -0.15) is 0 Å². The second kappa shape index (κ2) is 2.09. The highest BCUT2D eigenvalue weighted by Gasteiger charge is 2.59. The molecule has 0 aliphatic heterocycles. The van der Waals surface area contributed by atoms with E-state index in [2.05, 4.69) is 6.58 Å². The Morgan fingerprint density at radius 1 is 1.70 bits per heavy atom. The summed E-state index contributed by atoms with van der Waals surface area (Å²) in [7, 11) is 0. The third kappa shape index (κ3) is 0.891. The van der Waals surface area contributed by atoms with Crippen LogP contribution >= 0.6 is 11.6 Å². The van der Waals surface area contributed by atoms with Gasteiger partial charge in [-0.1, -0.05) is 19.9 Å². The van der Waals surface area contributed by atoms with Crippen molar-refractivity contribution in [1.29, 1.82) is 0 Å². The maximum absolute atomic E-state index is 10.7. The molecule has 0 bridgehead atoms. The molecular formula is C8H11ClO. The lowest BCUT2D eigenvalue weighted by molar-refractivity contribution is -0.113. The number of halogens is 1. The number of hydrogen-bond acceptors (Lipinski definition) is 1. The zero-order valence-electron chi connectivity index (χ0n) is 6.23. The summed E-state index contributed by atoms with van der Waals surface area (Å²) >= 11 is 5.35. The van der Waals surface area contributed by atoms with Crippen molar-refractivity contribution in [3.8, 4) is 0 Å². The first-order chi connectivity index (χ1) is 4.51. The van der Waals surface area contributed by atoms with Gasteiger partial charge in [0.25, 0.3) is 0 Å². The summed E-state index contributed by atoms with van der Waals surface area (Å²) in [6, 6.07) is 0. The van der Waals surface area contributed by atoms with Crippen molar-refractivity contribution in [3.63, 3.8) is 0 Å². The highest BCUT2D eigenvalue weighted by molar-refractivity contribution is 6.64. The van der Waals surface area contributed by atoms with E-state index < -0.39 is 0 Å². The van der Waals surface area contributed by atoms with Gasteiger partial charge in [-0.3, -0.25) is 4.79 Å². The van der Waals surface area contributed by atoms with Gasteiger partial charge in [-0.05, 0) is 22.9 Å². The molecule has 1 fully saturated rings. The number of hydrogen-bond donors (Lipinski definition) is 0. The normalized spacial score (nSPS) is 35.1. The first kappa shape index (κ1) is 7.80. The summed E-state index contributed by atoms with van der Waals surface area (Å²) in [6.07, 6.45) is 1.81. The van der Waals surface area contributed by atoms with Gasteiger partial charge in [0, 0.05) is 5.92 Å². The Morgan fingerprint density at radius 2 is 2.20 bits per heavy atom. The fourth-order valence-corrected chi connectivity index (χ4v) is 1.97. The molecule has 0 amide bonds. The van der Waals surface area contributed by atoms with Crippen LogP contribution in [0.15, 0.2) is 12.7 Å². The van der Waals surface area contributed by atoms with Gasteiger partial charge in [0.05, 0.1) is 0 Å². The molecule has 0 N–H and O–H groups in total. The molecule has 0 aromatic heterocycles. The van der Waals surface area contributed by atoms with Gasteiger partial charge in [0.1, 0.15) is 0 Å². The minimum atomic E-state index is -0.227. The average Bonchev–Trinajstić information content (AvgIpc) is 2.33. The van der Waals surface area contributed by atoms with E-state index in [0.29, 0.717) is 0 Å². The molecule has 0 aromatic rings. The second-order valence-electron chi connectivity index (χ2n) is 3.36. The number of allylic oxidation sites excluding steroid dienone is 1. The van der Waals surface area contributed by atoms with Crippen molar-refractivity contribution in [2.75, 3.05) is 0 Å². The Labute approximate surface area is 66.1 Å². The van der Waals surface area contributed by atoms with Gasteiger partial charge in [0.15, 0.2) is 0 Å². The second-order valence-corrected chi connectivity index (χ2v) is 3.74. The zero-order chi connectivity index (χ0) is 7.94. The molecule has 0 saturated heterocycles. The fourth-order valence-electron chi connectivity index (χ4n) is 1.55. The molecule has 0 unspecified atom stereocenters. The van der Waals surface area contributed by atoms with Crippen molar-refractivity contribution >= 4 is 16.8 Å². The first-order valence-corrected chi connectivity index (χ1v) is 3.71. The van der Waals surface area contributed by atoms with Gasteiger partial charge < -0.3 is 0 Å². The van der Waals surface area contributed by atoms with E-state index in [-0.39, 0.29) is 22.5 Å². The molecule has 1 nitrogen and oxygen atoms in total. The predicted molar refractivity (Wildman–Crippen MR) is 41.8 cm³/mol. The quantitative estimate of drug-likeness (QED) is 0.445. The van der Waals surface area contributed by atoms with E-state index in [1.165, 1.54) is 0 Å². The van der Waals surface area contributed by atoms with E-state index in [4.69, 9.17) is 11.6 Å². The van der Waals surface area contributed by atoms with Crippen LogP contribution in [0, 0.1) is 17.3 Å². The van der Waals surface area contributed by atoms with E-state index in [9.17, 15) is 4.79 Å². The Bertz CT molecular complexity index is 184. The predicted octanol–water partition coefficient (Wildman–Crippen LogP) is 2.21. The maximum atomic E-state index is 10.7. The first-order valence-electron chi connectivity index (χ1n) is 3.33. The molecule has 2 heteroatoms. The Balaban J connectivity index is 2.70. The van der Waals surface area contributed by atoms with Crippen molar-refractivity contribution in [2.24, 2.45) is 17.3 Å². The van der Waals surface area contributed by atoms with Crippen molar-refractivity contribution in [3.05, 3.63) is 12.7 Å². The Morgan fingerprint density at radius 3 is 2.30 bits per heavy atom. The van der Waals surface area contributed by atoms with Crippen molar-refractivity contribution in [2.45, 2.75) is 13.8 Å². The van der Waals surface area contributed by atoms with Gasteiger partial charge in [-0.25, -0.2) is 0 Å². The summed E-state index contributed by atoms with van der Waals surface area (Å²) in [5.41, 5.74) is 0.0561. The van der Waals surface area contributed by atoms with Crippen molar-refractivity contribution in [1.82, 2.24) is 0 Å². The lowest BCUT2D eigenvalue weighted by atomic mass is 10.1. The molecule has 1 aliphatic rings. The summed E-state index contributed by atoms with van der Waals surface area (Å²) in [5, 5.41) is -0.227. The molecule has 1 saturated carbocycles. The van der Waals surface area contributed by atoms with Crippen LogP contribution in [0.1, 0.15) is 13.8 Å². The Hall–Kier alpha value is -0.300. The van der Waals surface area contributed by atoms with Crippen LogP contribution in [-0.2, 0) is 4.79 Å². The van der Waals surface area contributed by atoms with Crippen LogP contribution in [0.25, 0.3) is 0 Å². The van der Waals surface area contributed by atoms with E-state index in [0.717, 1.165) is 0 Å². The highest BCUT2D eigenvalue weighted by atomic mass is 35.5. The van der Waals surface area contributed by atoms with Gasteiger partial charge >= 0.3 is 0 Å². The molecular weight excluding hydrogens is 148 g/mol. The van der Waals surface area contributed by atoms with Gasteiger partial charge in [-0.15, -0.1) is 6.58 Å². The summed E-state index contributed by atoms with van der Waals surface area (Å²) in [5.74, 6) is 0.296. The fraction of sp³-hybridized carbons (Fsp3) is 0.625. The van der Waals surface area contributed by atoms with Crippen LogP contribution in [0.2, 0.25) is 0 Å². The minimum absolute atomic E-state index is 0.00617. The largest absolute Gasteiger partial charge is 0.281 e. The molecule has 0 aromatic carbocycles. The summed E-state index contributed by atoms with van der Waals surface area (Å²) in [4.78, 5) is 10.7. The number of carbonyl (C=O) groups is 1. The monoisotopic (exact) mass is 158 g/mol. The molecule has 0 heterocycles. The molecule has 0 spiro atoms. The van der Waals surface area contributed by atoms with Gasteiger partial charge in [0.2, 0.25) is 5.24 Å². The van der Waals surface area contributed by atoms with E-state index in [1.807, 2.05) is 19.9 Å². The number of carbonyl (C=O) groups excluding carboxylic acids is 1. The number of rotatable bonds is 2. The van der Waals surface area contributed by atoms with Crippen LogP contribution in [0.3, 0.4) is 0 Å². The van der Waals surface area contributed by atoms with Crippen LogP contribution in [0.5, 0.6) is 0 Å². The maximum Gasteiger partial charge on any atom is 0.225 e.